The second kappa shape index (κ2) is 5.58. The molecule has 2 rings (SSSR count). The summed E-state index contributed by atoms with van der Waals surface area (Å²) in [6.45, 7) is 5.01. The molecular weight excluding hydrogens is 208 g/mol. The average molecular weight is 226 g/mol. The lowest BCUT2D eigenvalue weighted by Crippen LogP contribution is -2.19. The van der Waals surface area contributed by atoms with Gasteiger partial charge in [0.2, 0.25) is 0 Å². The number of aryl methyl sites for hydroxylation is 1. The van der Waals surface area contributed by atoms with E-state index in [0.717, 1.165) is 31.8 Å². The van der Waals surface area contributed by atoms with Gasteiger partial charge in [-0.05, 0) is 32.7 Å². The number of hydrogen-bond donors (Lipinski definition) is 1. The highest BCUT2D eigenvalue weighted by Gasteiger charge is 2.14. The van der Waals surface area contributed by atoms with Gasteiger partial charge in [-0.25, -0.2) is 4.98 Å². The highest BCUT2D eigenvalue weighted by molar-refractivity contribution is 7.09. The first kappa shape index (κ1) is 11.0. The van der Waals surface area contributed by atoms with Crippen molar-refractivity contribution in [3.63, 3.8) is 0 Å². The Bertz CT molecular complexity index is 295. The second-order valence-electron chi connectivity index (χ2n) is 3.96. The fourth-order valence-corrected chi connectivity index (χ4v) is 2.58. The van der Waals surface area contributed by atoms with Crippen LogP contribution in [0.2, 0.25) is 0 Å². The molecule has 0 amide bonds. The second-order valence-corrected chi connectivity index (χ2v) is 4.90. The maximum atomic E-state index is 5.56. The third-order valence-electron chi connectivity index (χ3n) is 2.80. The standard InChI is InChI=1S/C11H18N2OS/c1-9-11(15-8-13-9)7-12-5-4-10-3-2-6-14-10/h8,10,12H,2-7H2,1H3. The topological polar surface area (TPSA) is 34.2 Å². The average Bonchev–Trinajstić information content (AvgIpc) is 2.85. The third-order valence-corrected chi connectivity index (χ3v) is 3.73. The highest BCUT2D eigenvalue weighted by Crippen LogP contribution is 2.15. The van der Waals surface area contributed by atoms with Crippen LogP contribution in [0.25, 0.3) is 0 Å². The van der Waals surface area contributed by atoms with Gasteiger partial charge in [0.15, 0.2) is 0 Å². The minimum atomic E-state index is 0.500. The Kier molecular flexibility index (Phi) is 4.11. The molecule has 1 N–H and O–H groups in total. The molecule has 1 fully saturated rings. The molecule has 1 aromatic rings. The van der Waals surface area contributed by atoms with E-state index in [1.165, 1.54) is 17.7 Å². The number of nitrogens with zero attached hydrogens (tertiary/aromatic N) is 1. The van der Waals surface area contributed by atoms with Crippen LogP contribution in [0.15, 0.2) is 5.51 Å². The Morgan fingerprint density at radius 2 is 2.60 bits per heavy atom. The fraction of sp³-hybridized carbons (Fsp3) is 0.727. The van der Waals surface area contributed by atoms with Crippen molar-refractivity contribution in [2.75, 3.05) is 13.2 Å². The molecule has 3 nitrogen and oxygen atoms in total. The van der Waals surface area contributed by atoms with Crippen molar-refractivity contribution in [3.05, 3.63) is 16.1 Å². The molecule has 0 saturated carbocycles. The first-order valence-corrected chi connectivity index (χ1v) is 6.45. The van der Waals surface area contributed by atoms with Crippen molar-refractivity contribution in [1.82, 2.24) is 10.3 Å². The SMILES string of the molecule is Cc1ncsc1CNCCC1CCCO1. The molecule has 1 unspecified atom stereocenters. The molecule has 84 valence electrons. The number of ether oxygens (including phenoxy) is 1. The molecule has 1 aliphatic rings. The van der Waals surface area contributed by atoms with Gasteiger partial charge in [0, 0.05) is 18.0 Å². The third kappa shape index (κ3) is 3.26. The van der Waals surface area contributed by atoms with Gasteiger partial charge in [-0.3, -0.25) is 0 Å². The van der Waals surface area contributed by atoms with Gasteiger partial charge >= 0.3 is 0 Å². The van der Waals surface area contributed by atoms with E-state index in [1.54, 1.807) is 11.3 Å². The number of rotatable bonds is 5. The molecule has 15 heavy (non-hydrogen) atoms. The van der Waals surface area contributed by atoms with Crippen molar-refractivity contribution in [2.24, 2.45) is 0 Å². The Balaban J connectivity index is 1.60. The summed E-state index contributed by atoms with van der Waals surface area (Å²) in [4.78, 5) is 5.58. The van der Waals surface area contributed by atoms with E-state index in [2.05, 4.69) is 17.2 Å². The summed E-state index contributed by atoms with van der Waals surface area (Å²) in [7, 11) is 0. The zero-order valence-electron chi connectivity index (χ0n) is 9.16. The van der Waals surface area contributed by atoms with E-state index in [4.69, 9.17) is 4.74 Å². The molecule has 1 aromatic heterocycles. The van der Waals surface area contributed by atoms with E-state index < -0.39 is 0 Å². The summed E-state index contributed by atoms with van der Waals surface area (Å²) >= 11 is 1.73. The maximum Gasteiger partial charge on any atom is 0.0798 e. The van der Waals surface area contributed by atoms with Crippen LogP contribution in [0.4, 0.5) is 0 Å². The molecule has 1 atom stereocenters. The van der Waals surface area contributed by atoms with E-state index in [9.17, 15) is 0 Å². The lowest BCUT2D eigenvalue weighted by Gasteiger charge is -2.09. The number of thiazole rings is 1. The molecule has 4 heteroatoms. The van der Waals surface area contributed by atoms with Crippen LogP contribution in [0.1, 0.15) is 29.8 Å². The fourth-order valence-electron chi connectivity index (χ4n) is 1.83. The number of nitrogens with one attached hydrogen (secondary N) is 1. The maximum absolute atomic E-state index is 5.56. The van der Waals surface area contributed by atoms with Crippen molar-refractivity contribution < 1.29 is 4.74 Å². The van der Waals surface area contributed by atoms with Crippen LogP contribution >= 0.6 is 11.3 Å². The molecule has 0 aromatic carbocycles. The van der Waals surface area contributed by atoms with Crippen molar-refractivity contribution in [1.29, 1.82) is 0 Å². The Labute approximate surface area is 94.9 Å². The summed E-state index contributed by atoms with van der Waals surface area (Å²) in [6, 6.07) is 0. The summed E-state index contributed by atoms with van der Waals surface area (Å²) < 4.78 is 5.56. The van der Waals surface area contributed by atoms with E-state index in [1.807, 2.05) is 5.51 Å². The van der Waals surface area contributed by atoms with Crippen LogP contribution in [0.3, 0.4) is 0 Å². The van der Waals surface area contributed by atoms with E-state index in [0.29, 0.717) is 6.10 Å². The molecule has 1 saturated heterocycles. The van der Waals surface area contributed by atoms with Crippen molar-refractivity contribution in [3.8, 4) is 0 Å². The molecular formula is C11H18N2OS. The zero-order valence-corrected chi connectivity index (χ0v) is 9.98. The van der Waals surface area contributed by atoms with Crippen LogP contribution in [-0.2, 0) is 11.3 Å². The van der Waals surface area contributed by atoms with Gasteiger partial charge in [-0.1, -0.05) is 0 Å². The van der Waals surface area contributed by atoms with Gasteiger partial charge in [0.05, 0.1) is 17.3 Å². The normalized spacial score (nSPS) is 21.0. The largest absolute Gasteiger partial charge is 0.378 e. The van der Waals surface area contributed by atoms with E-state index >= 15 is 0 Å². The molecule has 2 heterocycles. The monoisotopic (exact) mass is 226 g/mol. The summed E-state index contributed by atoms with van der Waals surface area (Å²) in [5.41, 5.74) is 3.07. The lowest BCUT2D eigenvalue weighted by atomic mass is 10.2. The number of aromatic nitrogens is 1. The minimum absolute atomic E-state index is 0.500. The smallest absolute Gasteiger partial charge is 0.0798 e. The zero-order chi connectivity index (χ0) is 10.5. The van der Waals surface area contributed by atoms with Crippen LogP contribution in [0.5, 0.6) is 0 Å². The Morgan fingerprint density at radius 1 is 1.67 bits per heavy atom. The van der Waals surface area contributed by atoms with Crippen molar-refractivity contribution in [2.45, 2.75) is 38.8 Å². The van der Waals surface area contributed by atoms with Gasteiger partial charge in [-0.2, -0.15) is 0 Å². The summed E-state index contributed by atoms with van der Waals surface area (Å²) in [6.07, 6.45) is 4.11. The Morgan fingerprint density at radius 3 is 3.27 bits per heavy atom. The minimum Gasteiger partial charge on any atom is -0.378 e. The summed E-state index contributed by atoms with van der Waals surface area (Å²) in [5, 5.41) is 3.45. The van der Waals surface area contributed by atoms with E-state index in [-0.39, 0.29) is 0 Å². The van der Waals surface area contributed by atoms with Crippen LogP contribution in [0, 0.1) is 6.92 Å². The number of hydrogen-bond acceptors (Lipinski definition) is 4. The molecule has 0 spiro atoms. The Hall–Kier alpha value is -0.450. The van der Waals surface area contributed by atoms with Crippen LogP contribution in [-0.4, -0.2) is 24.2 Å². The summed E-state index contributed by atoms with van der Waals surface area (Å²) in [5.74, 6) is 0. The predicted molar refractivity (Wildman–Crippen MR) is 62.1 cm³/mol. The van der Waals surface area contributed by atoms with Gasteiger partial charge in [-0.15, -0.1) is 11.3 Å². The predicted octanol–water partition coefficient (Wildman–Crippen LogP) is 2.11. The lowest BCUT2D eigenvalue weighted by molar-refractivity contribution is 0.104. The van der Waals surface area contributed by atoms with Gasteiger partial charge in [0.25, 0.3) is 0 Å². The van der Waals surface area contributed by atoms with Gasteiger partial charge in [0.1, 0.15) is 0 Å². The van der Waals surface area contributed by atoms with Gasteiger partial charge < -0.3 is 10.1 Å². The molecule has 0 aliphatic carbocycles. The molecule has 0 radical (unpaired) electrons. The molecule has 0 bridgehead atoms. The van der Waals surface area contributed by atoms with Crippen LogP contribution < -0.4 is 5.32 Å². The highest BCUT2D eigenvalue weighted by atomic mass is 32.1. The molecule has 1 aliphatic heterocycles. The first-order chi connectivity index (χ1) is 7.36. The quantitative estimate of drug-likeness (QED) is 0.781. The van der Waals surface area contributed by atoms with Crippen molar-refractivity contribution >= 4 is 11.3 Å². The first-order valence-electron chi connectivity index (χ1n) is 5.57.